The van der Waals surface area contributed by atoms with Crippen LogP contribution >= 0.6 is 0 Å². The average molecular weight is 611 g/mol. The minimum Gasteiger partial charge on any atom is -0.494 e. The molecule has 0 spiro atoms. The van der Waals surface area contributed by atoms with E-state index in [1.54, 1.807) is 42.5 Å². The first-order chi connectivity index (χ1) is 21.0. The third kappa shape index (κ3) is 8.79. The fraction of sp³-hybridized carbons (Fsp3) is 0.242. The molecule has 0 radical (unpaired) electrons. The second-order valence-corrected chi connectivity index (χ2v) is 9.87. The fourth-order valence-corrected chi connectivity index (χ4v) is 4.37. The summed E-state index contributed by atoms with van der Waals surface area (Å²) in [6, 6.07) is 18.0. The van der Waals surface area contributed by atoms with Crippen LogP contribution in [0.3, 0.4) is 0 Å². The van der Waals surface area contributed by atoms with Crippen LogP contribution in [0.2, 0.25) is 0 Å². The number of aliphatic carboxylic acids is 1. The van der Waals surface area contributed by atoms with E-state index in [-0.39, 0.29) is 17.8 Å². The maximum absolute atomic E-state index is 13.7. The summed E-state index contributed by atoms with van der Waals surface area (Å²) < 4.78 is 65.9. The number of rotatable bonds is 14. The van der Waals surface area contributed by atoms with Gasteiger partial charge in [0.2, 0.25) is 5.89 Å². The van der Waals surface area contributed by atoms with Gasteiger partial charge in [-0.2, -0.15) is 13.2 Å². The number of aromatic nitrogens is 1. The Morgan fingerprint density at radius 1 is 1.02 bits per heavy atom. The number of ketones is 1. The van der Waals surface area contributed by atoms with Crippen molar-refractivity contribution >= 4 is 11.8 Å². The van der Waals surface area contributed by atoms with E-state index >= 15 is 0 Å². The zero-order valence-electron chi connectivity index (χ0n) is 23.7. The summed E-state index contributed by atoms with van der Waals surface area (Å²) >= 11 is 0. The molecule has 0 aliphatic heterocycles. The van der Waals surface area contributed by atoms with Crippen LogP contribution in [0.4, 0.5) is 17.6 Å². The molecule has 0 unspecified atom stereocenters. The topological polar surface area (TPSA) is 102 Å². The van der Waals surface area contributed by atoms with Crippen LogP contribution in [0.15, 0.2) is 95.1 Å². The molecule has 0 aliphatic rings. The molecule has 1 heterocycles. The quantitative estimate of drug-likeness (QED) is 0.0688. The molecule has 1 aromatic heterocycles. The Labute approximate surface area is 251 Å². The number of hydrogen-bond acceptors (Lipinski definition) is 6. The Bertz CT molecular complexity index is 1580. The summed E-state index contributed by atoms with van der Waals surface area (Å²) in [5.41, 5.74) is 0.518. The highest BCUT2D eigenvalue weighted by Crippen LogP contribution is 2.26. The highest BCUT2D eigenvalue weighted by atomic mass is 19.4. The van der Waals surface area contributed by atoms with Gasteiger partial charge >= 0.3 is 12.1 Å². The zero-order valence-corrected chi connectivity index (χ0v) is 23.7. The lowest BCUT2D eigenvalue weighted by Gasteiger charge is -2.20. The Morgan fingerprint density at radius 3 is 2.32 bits per heavy atom. The third-order valence-corrected chi connectivity index (χ3v) is 6.65. The molecular weight excluding hydrogens is 580 g/mol. The van der Waals surface area contributed by atoms with Gasteiger partial charge in [-0.05, 0) is 54.8 Å². The van der Waals surface area contributed by atoms with Gasteiger partial charge in [-0.15, -0.1) is 0 Å². The van der Waals surface area contributed by atoms with Crippen LogP contribution in [0.5, 0.6) is 5.75 Å². The molecule has 1 atom stereocenters. The number of nitrogens with one attached hydrogen (secondary N) is 1. The van der Waals surface area contributed by atoms with Crippen molar-refractivity contribution in [3.8, 4) is 17.2 Å². The molecule has 230 valence electrons. The van der Waals surface area contributed by atoms with Gasteiger partial charge in [0, 0.05) is 30.0 Å². The number of carboxylic acids is 1. The van der Waals surface area contributed by atoms with E-state index in [4.69, 9.17) is 9.15 Å². The summed E-state index contributed by atoms with van der Waals surface area (Å²) in [5, 5.41) is 11.6. The normalized spacial score (nSPS) is 12.5. The number of aryl methyl sites for hydroxylation is 2. The minimum atomic E-state index is -4.97. The van der Waals surface area contributed by atoms with Gasteiger partial charge in [0.1, 0.15) is 29.1 Å². The summed E-state index contributed by atoms with van der Waals surface area (Å²) in [7, 11) is 0. The van der Waals surface area contributed by atoms with E-state index in [2.05, 4.69) is 4.98 Å². The van der Waals surface area contributed by atoms with Crippen LogP contribution in [-0.4, -0.2) is 40.7 Å². The maximum atomic E-state index is 13.7. The van der Waals surface area contributed by atoms with Crippen LogP contribution < -0.4 is 10.1 Å². The number of benzene rings is 3. The van der Waals surface area contributed by atoms with E-state index in [1.165, 1.54) is 36.4 Å². The fourth-order valence-electron chi connectivity index (χ4n) is 4.37. The van der Waals surface area contributed by atoms with Crippen molar-refractivity contribution in [3.63, 3.8) is 0 Å². The molecule has 0 amide bonds. The van der Waals surface area contributed by atoms with Gasteiger partial charge in [-0.3, -0.25) is 4.79 Å². The van der Waals surface area contributed by atoms with E-state index in [1.807, 2.05) is 12.2 Å². The van der Waals surface area contributed by atoms with Gasteiger partial charge in [0.05, 0.1) is 12.3 Å². The monoisotopic (exact) mass is 610 g/mol. The van der Waals surface area contributed by atoms with Gasteiger partial charge < -0.3 is 19.6 Å². The number of nitrogens with zero attached hydrogens (tertiary/aromatic N) is 1. The molecule has 0 fully saturated rings. The number of carbonyl (C=O) groups is 2. The smallest absolute Gasteiger partial charge is 0.431 e. The molecular formula is C33H30F4N2O5. The first kappa shape index (κ1) is 32.0. The lowest BCUT2D eigenvalue weighted by atomic mass is 10.0. The van der Waals surface area contributed by atoms with E-state index in [0.29, 0.717) is 54.7 Å². The molecule has 7 nitrogen and oxygen atoms in total. The summed E-state index contributed by atoms with van der Waals surface area (Å²) in [5.74, 6) is -1.10. The predicted molar refractivity (Wildman–Crippen MR) is 155 cm³/mol. The zero-order chi connectivity index (χ0) is 31.7. The maximum Gasteiger partial charge on any atom is 0.431 e. The molecule has 2 N–H and O–H groups in total. The van der Waals surface area contributed by atoms with Crippen molar-refractivity contribution in [2.45, 2.75) is 44.8 Å². The van der Waals surface area contributed by atoms with Crippen molar-refractivity contribution < 1.29 is 41.4 Å². The van der Waals surface area contributed by atoms with Gasteiger partial charge in [-0.25, -0.2) is 14.2 Å². The van der Waals surface area contributed by atoms with Crippen LogP contribution in [-0.2, 0) is 24.1 Å². The number of hydrogen-bond donors (Lipinski definition) is 2. The van der Waals surface area contributed by atoms with Crippen molar-refractivity contribution in [2.75, 3.05) is 6.61 Å². The number of carbonyl (C=O) groups excluding carboxylic acids is 1. The molecule has 0 bridgehead atoms. The third-order valence-electron chi connectivity index (χ3n) is 6.65. The number of allylic oxidation sites excluding steroid dienone is 2. The second kappa shape index (κ2) is 14.5. The number of alkyl halides is 3. The molecule has 44 heavy (non-hydrogen) atoms. The molecule has 0 aliphatic carbocycles. The molecule has 0 saturated carbocycles. The largest absolute Gasteiger partial charge is 0.494 e. The van der Waals surface area contributed by atoms with Gasteiger partial charge in [0.15, 0.2) is 5.78 Å². The predicted octanol–water partition coefficient (Wildman–Crippen LogP) is 6.97. The summed E-state index contributed by atoms with van der Waals surface area (Å²) in [6.07, 6.45) is -3.04. The van der Waals surface area contributed by atoms with Gasteiger partial charge in [-0.1, -0.05) is 49.4 Å². The van der Waals surface area contributed by atoms with E-state index < -0.39 is 29.7 Å². The SMILES string of the molecule is CCc1oc(-c2ccc(F)cc2)nc1CCCOc1ccc(C[C@H](N/C(=C/C(=O)c2ccccc2)C(F)(F)F)C(=O)O)cc1. The Hall–Kier alpha value is -4.93. The van der Waals surface area contributed by atoms with E-state index in [9.17, 15) is 32.3 Å². The van der Waals surface area contributed by atoms with Crippen LogP contribution in [0, 0.1) is 5.82 Å². The summed E-state index contributed by atoms with van der Waals surface area (Å²) in [4.78, 5) is 28.7. The minimum absolute atomic E-state index is 0.0418. The highest BCUT2D eigenvalue weighted by Gasteiger charge is 2.37. The number of oxazole rings is 1. The molecule has 4 rings (SSSR count). The Kier molecular flexibility index (Phi) is 10.5. The molecule has 11 heteroatoms. The molecule has 3 aromatic carbocycles. The molecule has 0 saturated heterocycles. The first-order valence-corrected chi connectivity index (χ1v) is 13.9. The highest BCUT2D eigenvalue weighted by molar-refractivity contribution is 6.05. The van der Waals surface area contributed by atoms with Crippen molar-refractivity contribution in [1.82, 2.24) is 10.3 Å². The van der Waals surface area contributed by atoms with E-state index in [0.717, 1.165) is 11.5 Å². The lowest BCUT2D eigenvalue weighted by Crippen LogP contribution is -2.42. The van der Waals surface area contributed by atoms with Crippen molar-refractivity contribution in [3.05, 3.63) is 119 Å². The van der Waals surface area contributed by atoms with Gasteiger partial charge in [0.25, 0.3) is 0 Å². The second-order valence-electron chi connectivity index (χ2n) is 9.87. The average Bonchev–Trinajstić information content (AvgIpc) is 3.42. The van der Waals surface area contributed by atoms with Crippen LogP contribution in [0.1, 0.15) is 40.7 Å². The standard InChI is InChI=1S/C33H30F4N2O5/c1-2-29-26(39-31(44-29)23-12-14-24(34)15-13-23)9-6-18-43-25-16-10-21(11-17-25)19-27(32(41)42)38-30(33(35,36)37)20-28(40)22-7-4-3-5-8-22/h3-5,7-8,10-17,20,27,38H,2,6,9,18-19H2,1H3,(H,41,42)/b30-20+/t27-/m0/s1. The number of halogens is 4. The lowest BCUT2D eigenvalue weighted by molar-refractivity contribution is -0.140. The molecule has 4 aromatic rings. The first-order valence-electron chi connectivity index (χ1n) is 13.9. The Balaban J connectivity index is 1.33. The van der Waals surface area contributed by atoms with Crippen molar-refractivity contribution in [2.24, 2.45) is 0 Å². The van der Waals surface area contributed by atoms with Crippen LogP contribution in [0.25, 0.3) is 11.5 Å². The Morgan fingerprint density at radius 2 is 1.70 bits per heavy atom. The van der Waals surface area contributed by atoms with Crippen molar-refractivity contribution in [1.29, 1.82) is 0 Å². The number of carboxylic acid groups (broad SMARTS) is 1. The summed E-state index contributed by atoms with van der Waals surface area (Å²) in [6.45, 7) is 2.29. The number of ether oxygens (including phenoxy) is 1.